The summed E-state index contributed by atoms with van der Waals surface area (Å²) in [5, 5.41) is 0. The van der Waals surface area contributed by atoms with Crippen molar-refractivity contribution in [3.63, 3.8) is 0 Å². The highest BCUT2D eigenvalue weighted by atomic mass is 79.9. The molecule has 0 unspecified atom stereocenters. The van der Waals surface area contributed by atoms with E-state index in [1.54, 1.807) is 72.8 Å². The molecule has 4 aliphatic rings. The number of Topliss-reactive ketones (excluding diaryl/α,β-unsaturated/α-hetero) is 1. The minimum absolute atomic E-state index is 0.284. The van der Waals surface area contributed by atoms with E-state index >= 15 is 0 Å². The van der Waals surface area contributed by atoms with E-state index in [9.17, 15) is 24.0 Å². The number of carbonyl (C=O) groups is 5. The Labute approximate surface area is 252 Å². The Bertz CT molecular complexity index is 1540. The smallest absolute Gasteiger partial charge is 0.330 e. The van der Waals surface area contributed by atoms with E-state index in [2.05, 4.69) is 15.9 Å². The minimum atomic E-state index is -1.71. The zero-order valence-corrected chi connectivity index (χ0v) is 24.3. The van der Waals surface area contributed by atoms with E-state index in [-0.39, 0.29) is 5.56 Å². The van der Waals surface area contributed by atoms with E-state index in [4.69, 9.17) is 33.7 Å². The van der Waals surface area contributed by atoms with E-state index in [1.165, 1.54) is 0 Å². The third kappa shape index (κ3) is 3.90. The van der Waals surface area contributed by atoms with Gasteiger partial charge in [0.15, 0.2) is 12.4 Å². The molecule has 7 rings (SSSR count). The van der Waals surface area contributed by atoms with Crippen molar-refractivity contribution in [1.29, 1.82) is 0 Å². The number of halogens is 3. The van der Waals surface area contributed by atoms with Crippen LogP contribution in [-0.2, 0) is 33.7 Å². The second-order valence-electron chi connectivity index (χ2n) is 10.2. The first-order valence-corrected chi connectivity index (χ1v) is 14.2. The molecule has 0 aromatic heterocycles. The Hall–Kier alpha value is -3.53. The molecule has 11 heteroatoms. The number of ketones is 1. The van der Waals surface area contributed by atoms with Gasteiger partial charge in [-0.2, -0.15) is 0 Å². The highest BCUT2D eigenvalue weighted by Gasteiger charge is 2.73. The average Bonchev–Trinajstić information content (AvgIpc) is 3.24. The summed E-state index contributed by atoms with van der Waals surface area (Å²) in [5.74, 6) is -6.47. The number of rotatable bonds is 7. The Morgan fingerprint density at radius 3 is 1.68 bits per heavy atom. The fourth-order valence-electron chi connectivity index (χ4n) is 6.42. The van der Waals surface area contributed by atoms with Crippen LogP contribution in [0.25, 0.3) is 0 Å². The zero-order valence-electron chi connectivity index (χ0n) is 21.2. The van der Waals surface area contributed by atoms with Crippen molar-refractivity contribution in [3.05, 3.63) is 105 Å². The third-order valence-electron chi connectivity index (χ3n) is 8.11. The number of benzene rings is 3. The van der Waals surface area contributed by atoms with Crippen LogP contribution in [0.3, 0.4) is 0 Å². The number of hydrogen-bond acceptors (Lipinski definition) is 6. The summed E-state index contributed by atoms with van der Waals surface area (Å²) < 4.78 is 5.99. The van der Waals surface area contributed by atoms with Gasteiger partial charge in [-0.15, -0.1) is 23.2 Å². The number of carbonyl (C=O) groups excluding carboxylic acids is 5. The quantitative estimate of drug-likeness (QED) is 0.178. The standard InChI is InChI=1S/C30H21BrCl2N2O6/c31-16-11-9-15(10-12-16)22(36)14-41-28(40)21(13-23(34)37)35-26(38)24-25(27(35)39)30(33)18-6-2-1-5-17(18)29(24,32)19-7-3-4-8-20(19)30/h1-12,21,24-25H,13-14H2,(H2,34,37)/t21-,24-,25+,29?,30?/m1/s1. The highest BCUT2D eigenvalue weighted by molar-refractivity contribution is 9.10. The maximum Gasteiger partial charge on any atom is 0.330 e. The second kappa shape index (κ2) is 9.79. The fraction of sp³-hybridized carbons (Fsp3) is 0.233. The maximum absolute atomic E-state index is 14.2. The molecule has 8 nitrogen and oxygen atoms in total. The summed E-state index contributed by atoms with van der Waals surface area (Å²) in [6.45, 7) is -0.672. The van der Waals surface area contributed by atoms with Crippen LogP contribution in [0.4, 0.5) is 0 Å². The van der Waals surface area contributed by atoms with Crippen LogP contribution >= 0.6 is 39.1 Å². The maximum atomic E-state index is 14.2. The Morgan fingerprint density at radius 1 is 0.829 bits per heavy atom. The molecule has 208 valence electrons. The van der Waals surface area contributed by atoms with E-state index < -0.39 is 70.1 Å². The number of esters is 1. The number of amides is 3. The first-order valence-electron chi connectivity index (χ1n) is 12.7. The summed E-state index contributed by atoms with van der Waals surface area (Å²) in [7, 11) is 0. The van der Waals surface area contributed by atoms with E-state index in [0.717, 1.165) is 4.47 Å². The molecule has 3 aromatic carbocycles. The van der Waals surface area contributed by atoms with Crippen LogP contribution in [0.5, 0.6) is 0 Å². The highest BCUT2D eigenvalue weighted by Crippen LogP contribution is 2.69. The summed E-state index contributed by atoms with van der Waals surface area (Å²) in [6, 6.07) is 18.9. The largest absolute Gasteiger partial charge is 0.456 e. The van der Waals surface area contributed by atoms with Crippen molar-refractivity contribution in [1.82, 2.24) is 4.90 Å². The van der Waals surface area contributed by atoms with Crippen molar-refractivity contribution in [2.45, 2.75) is 22.2 Å². The molecule has 1 fully saturated rings. The van der Waals surface area contributed by atoms with Gasteiger partial charge in [-0.1, -0.05) is 76.6 Å². The minimum Gasteiger partial charge on any atom is -0.456 e. The van der Waals surface area contributed by atoms with Crippen LogP contribution in [0.15, 0.2) is 77.3 Å². The molecule has 0 spiro atoms. The molecule has 1 saturated heterocycles. The molecule has 3 aliphatic carbocycles. The average molecular weight is 656 g/mol. The van der Waals surface area contributed by atoms with Gasteiger partial charge in [0.2, 0.25) is 17.7 Å². The molecular formula is C30H21BrCl2N2O6. The molecule has 0 saturated carbocycles. The van der Waals surface area contributed by atoms with Crippen molar-refractivity contribution in [2.24, 2.45) is 17.6 Å². The molecule has 41 heavy (non-hydrogen) atoms. The lowest BCUT2D eigenvalue weighted by Gasteiger charge is -2.54. The van der Waals surface area contributed by atoms with Crippen LogP contribution in [-0.4, -0.2) is 47.0 Å². The summed E-state index contributed by atoms with van der Waals surface area (Å²) >= 11 is 18.1. The molecule has 3 atom stereocenters. The number of nitrogens with two attached hydrogens (primary N) is 1. The number of hydrogen-bond donors (Lipinski definition) is 1. The Kier molecular flexibility index (Phi) is 6.60. The van der Waals surface area contributed by atoms with Crippen LogP contribution in [0.1, 0.15) is 39.0 Å². The molecule has 2 bridgehead atoms. The van der Waals surface area contributed by atoms with Gasteiger partial charge >= 0.3 is 5.97 Å². The number of imide groups is 1. The zero-order chi connectivity index (χ0) is 29.3. The second-order valence-corrected chi connectivity index (χ2v) is 12.3. The fourth-order valence-corrected chi connectivity index (χ4v) is 7.78. The van der Waals surface area contributed by atoms with Gasteiger partial charge in [0.1, 0.15) is 15.8 Å². The third-order valence-corrected chi connectivity index (χ3v) is 9.92. The van der Waals surface area contributed by atoms with E-state index in [0.29, 0.717) is 27.2 Å². The lowest BCUT2D eigenvalue weighted by atomic mass is 9.54. The van der Waals surface area contributed by atoms with Crippen molar-refractivity contribution in [2.75, 3.05) is 6.61 Å². The first-order chi connectivity index (χ1) is 19.5. The Balaban J connectivity index is 1.38. The molecule has 0 radical (unpaired) electrons. The molecule has 3 aromatic rings. The van der Waals surface area contributed by atoms with Crippen molar-refractivity contribution >= 4 is 68.6 Å². The molecule has 2 N–H and O–H groups in total. The number of alkyl halides is 2. The molecule has 1 heterocycles. The predicted octanol–water partition coefficient (Wildman–Crippen LogP) is 4.01. The van der Waals surface area contributed by atoms with Gasteiger partial charge in [-0.05, 0) is 34.4 Å². The monoisotopic (exact) mass is 654 g/mol. The topological polar surface area (TPSA) is 124 Å². The number of ether oxygens (including phenoxy) is 1. The molecule has 1 aliphatic heterocycles. The van der Waals surface area contributed by atoms with Gasteiger partial charge in [-0.3, -0.25) is 24.1 Å². The summed E-state index contributed by atoms with van der Waals surface area (Å²) in [6.07, 6.45) is -0.702. The lowest BCUT2D eigenvalue weighted by molar-refractivity contribution is -0.159. The van der Waals surface area contributed by atoms with Gasteiger partial charge in [0.25, 0.3) is 0 Å². The van der Waals surface area contributed by atoms with Gasteiger partial charge < -0.3 is 10.5 Å². The van der Waals surface area contributed by atoms with Crippen LogP contribution in [0, 0.1) is 11.8 Å². The van der Waals surface area contributed by atoms with Gasteiger partial charge in [-0.25, -0.2) is 4.79 Å². The SMILES string of the molecule is NC(=O)C[C@H](C(=O)OCC(=O)c1ccc(Br)cc1)N1C(=O)[C@@H]2[C@H](C1=O)C1(Cl)c3ccccc3C2(Cl)c2ccccc21. The lowest BCUT2D eigenvalue weighted by Crippen LogP contribution is -2.57. The normalized spacial score (nSPS) is 26.2. The molecule has 3 amide bonds. The summed E-state index contributed by atoms with van der Waals surface area (Å²) in [4.78, 5) is 64.1. The molecular weight excluding hydrogens is 635 g/mol. The van der Waals surface area contributed by atoms with Crippen LogP contribution in [0.2, 0.25) is 0 Å². The number of likely N-dealkylation sites (tertiary alicyclic amines) is 1. The van der Waals surface area contributed by atoms with Crippen molar-refractivity contribution in [3.8, 4) is 0 Å². The van der Waals surface area contributed by atoms with Gasteiger partial charge in [0.05, 0.1) is 18.3 Å². The van der Waals surface area contributed by atoms with Crippen LogP contribution < -0.4 is 5.73 Å². The van der Waals surface area contributed by atoms with E-state index in [1.807, 2.05) is 0 Å². The number of nitrogens with zero attached hydrogens (tertiary/aromatic N) is 1. The first kappa shape index (κ1) is 27.6. The Morgan fingerprint density at radius 2 is 1.27 bits per heavy atom. The van der Waals surface area contributed by atoms with Gasteiger partial charge in [0, 0.05) is 10.0 Å². The number of primary amides is 1. The van der Waals surface area contributed by atoms with Crippen molar-refractivity contribution < 1.29 is 28.7 Å². The predicted molar refractivity (Wildman–Crippen MR) is 152 cm³/mol. The summed E-state index contributed by atoms with van der Waals surface area (Å²) in [5.41, 5.74) is 8.08.